The minimum atomic E-state index is -0.00521. The lowest BCUT2D eigenvalue weighted by Gasteiger charge is -2.34. The van der Waals surface area contributed by atoms with E-state index in [1.807, 2.05) is 49.1 Å². The molecule has 16 heteroatoms. The van der Waals surface area contributed by atoms with Crippen LogP contribution in [0.5, 0.6) is 0 Å². The van der Waals surface area contributed by atoms with Crippen molar-refractivity contribution >= 4 is 114 Å². The highest BCUT2D eigenvalue weighted by molar-refractivity contribution is 6.31. The fourth-order valence-electron chi connectivity index (χ4n) is 18.3. The van der Waals surface area contributed by atoms with Crippen molar-refractivity contribution in [1.82, 2.24) is 41.2 Å². The van der Waals surface area contributed by atoms with Gasteiger partial charge in [0.25, 0.3) is 23.6 Å². The summed E-state index contributed by atoms with van der Waals surface area (Å²) in [5.41, 5.74) is 12.3. The summed E-state index contributed by atoms with van der Waals surface area (Å²) in [6, 6.07) is 71.6. The predicted molar refractivity (Wildman–Crippen MR) is 478 cm³/mol. The first kappa shape index (κ1) is 84.4. The zero-order valence-corrected chi connectivity index (χ0v) is 70.1. The molecule has 0 aliphatic heterocycles. The zero-order valence-electron chi connectivity index (χ0n) is 67.1. The monoisotopic (exact) mass is 1620 g/mol. The third kappa shape index (κ3) is 22.6. The second kappa shape index (κ2) is 41.5. The number of hydrogen-bond donors (Lipinski definition) is 4. The van der Waals surface area contributed by atoms with E-state index in [9.17, 15) is 19.2 Å². The summed E-state index contributed by atoms with van der Waals surface area (Å²) in [7, 11) is 0. The van der Waals surface area contributed by atoms with Gasteiger partial charge in [0.1, 0.15) is 0 Å². The minimum Gasteiger partial charge on any atom is -0.349 e. The molecular weight excluding hydrogens is 1520 g/mol. The van der Waals surface area contributed by atoms with Crippen molar-refractivity contribution in [3.05, 3.63) is 308 Å². The first-order valence-corrected chi connectivity index (χ1v) is 43.7. The summed E-state index contributed by atoms with van der Waals surface area (Å²) in [5.74, 6) is 4.34. The number of hydrogen-bond acceptors (Lipinski definition) is 8. The molecule has 4 aromatic heterocycles. The average molecular weight is 1630 g/mol. The number of nitrogens with zero attached hydrogens (tertiary/aromatic N) is 4. The maximum absolute atomic E-state index is 12.6. The SMILES string of the molecule is CC[C@@H](NC(=O)c1ccc(Cl)cc1)C1CCC(c2cnc3ccccc3c2)CC1.CC[C@@H](NC(=O)c1ccc(Cl)cc1)C1CCC(c2cnc3ccccc3c2)CC1.CC[C@H](NC(=O)c1ccc(Cl)cc1)C1CCC(c2cnc3ccccc3c2)CC1.CC[C@H](NC(=O)c1ccc(Cl)cc1)C1CCC(c2cnc3ccccc3c2)CC1. The Bertz CT molecular complexity index is 4560. The van der Waals surface area contributed by atoms with E-state index >= 15 is 0 Å². The van der Waals surface area contributed by atoms with Gasteiger partial charge in [-0.3, -0.25) is 39.1 Å². The lowest BCUT2D eigenvalue weighted by atomic mass is 9.75. The van der Waals surface area contributed by atoms with Gasteiger partial charge < -0.3 is 21.3 Å². The number of fused-ring (bicyclic) bond motifs is 4. The largest absolute Gasteiger partial charge is 0.349 e. The van der Waals surface area contributed by atoms with Crippen molar-refractivity contribution in [1.29, 1.82) is 0 Å². The number of halogens is 4. The Balaban J connectivity index is 0.000000135. The Hall–Kier alpha value is -9.56. The number of amides is 4. The van der Waals surface area contributed by atoms with Gasteiger partial charge in [-0.2, -0.15) is 0 Å². The number of benzene rings is 8. The van der Waals surface area contributed by atoms with Crippen LogP contribution in [0.25, 0.3) is 43.6 Å². The van der Waals surface area contributed by atoms with E-state index in [-0.39, 0.29) is 47.8 Å². The first-order valence-electron chi connectivity index (χ1n) is 42.2. The number of rotatable bonds is 20. The van der Waals surface area contributed by atoms with Gasteiger partial charge in [-0.05, 0) is 344 Å². The van der Waals surface area contributed by atoms with Crippen LogP contribution in [0.15, 0.2) is 243 Å². The van der Waals surface area contributed by atoms with Crippen LogP contribution in [-0.2, 0) is 0 Å². The van der Waals surface area contributed by atoms with Gasteiger partial charge in [-0.15, -0.1) is 0 Å². The van der Waals surface area contributed by atoms with Crippen LogP contribution in [0.2, 0.25) is 20.1 Å². The maximum Gasteiger partial charge on any atom is 0.251 e. The van der Waals surface area contributed by atoms with Gasteiger partial charge in [0.05, 0.1) is 22.1 Å². The van der Waals surface area contributed by atoms with Crippen molar-refractivity contribution < 1.29 is 19.2 Å². The molecule has 12 nitrogen and oxygen atoms in total. The summed E-state index contributed by atoms with van der Waals surface area (Å²) in [5, 5.41) is 20.5. The van der Waals surface area contributed by atoms with Crippen molar-refractivity contribution in [3.63, 3.8) is 0 Å². The standard InChI is InChI=1S/4C25H27ClN2O/c4*1-2-23(28-25(29)19-11-13-22(26)14-12-19)18-9-7-17(8-10-18)21-15-20-5-3-4-6-24(20)27-16-21/h4*3-6,11-18,23H,2,7-10H2,1H3,(H,28,29)/t4*17?,18?,23-/m1100/s1. The molecule has 4 N–H and O–H groups in total. The van der Waals surface area contributed by atoms with Crippen molar-refractivity contribution in [3.8, 4) is 0 Å². The van der Waals surface area contributed by atoms with Crippen LogP contribution in [0.1, 0.15) is 243 Å². The van der Waals surface area contributed by atoms with Crippen molar-refractivity contribution in [2.45, 2.75) is 204 Å². The van der Waals surface area contributed by atoms with E-state index in [1.54, 1.807) is 97.1 Å². The molecule has 116 heavy (non-hydrogen) atoms. The number of carbonyl (C=O) groups is 4. The number of pyridine rings is 4. The lowest BCUT2D eigenvalue weighted by molar-refractivity contribution is 0.0901. The first-order chi connectivity index (χ1) is 56.5. The summed E-state index contributed by atoms with van der Waals surface area (Å²) >= 11 is 23.7. The number of carbonyl (C=O) groups excluding carboxylic acids is 4. The van der Waals surface area contributed by atoms with Crippen molar-refractivity contribution in [2.24, 2.45) is 23.7 Å². The molecule has 4 saturated carbocycles. The summed E-state index contributed by atoms with van der Waals surface area (Å²) in [6.45, 7) is 8.64. The molecule has 0 saturated heterocycles. The van der Waals surface area contributed by atoms with Gasteiger partial charge in [-0.1, -0.05) is 147 Å². The molecule has 0 bridgehead atoms. The molecule has 0 radical (unpaired) electrons. The highest BCUT2D eigenvalue weighted by Gasteiger charge is 2.34. The highest BCUT2D eigenvalue weighted by Crippen LogP contribution is 2.43. The normalized spacial score (nSPS) is 20.3. The molecule has 8 aromatic carbocycles. The Kier molecular flexibility index (Phi) is 30.2. The van der Waals surface area contributed by atoms with E-state index in [2.05, 4.69) is 166 Å². The predicted octanol–water partition coefficient (Wildman–Crippen LogP) is 25.5. The molecule has 4 fully saturated rings. The van der Waals surface area contributed by atoms with Gasteiger partial charge in [0.2, 0.25) is 0 Å². The molecule has 16 rings (SSSR count). The Morgan fingerprint density at radius 1 is 0.276 bits per heavy atom. The van der Waals surface area contributed by atoms with Gasteiger partial charge in [-0.25, -0.2) is 0 Å². The quantitative estimate of drug-likeness (QED) is 0.0585. The van der Waals surface area contributed by atoms with Crippen LogP contribution >= 0.6 is 46.4 Å². The van der Waals surface area contributed by atoms with Crippen LogP contribution in [0.3, 0.4) is 0 Å². The Labute approximate surface area is 704 Å². The third-order valence-electron chi connectivity index (χ3n) is 25.1. The number of nitrogens with one attached hydrogen (secondary N) is 4. The van der Waals surface area contributed by atoms with E-state index < -0.39 is 0 Å². The van der Waals surface area contributed by atoms with E-state index in [0.29, 0.717) is 89.7 Å². The van der Waals surface area contributed by atoms with E-state index in [0.717, 1.165) is 150 Å². The molecule has 4 aliphatic carbocycles. The Morgan fingerprint density at radius 3 is 0.638 bits per heavy atom. The van der Waals surface area contributed by atoms with Gasteiger partial charge in [0.15, 0.2) is 0 Å². The van der Waals surface area contributed by atoms with Crippen LogP contribution in [0.4, 0.5) is 0 Å². The summed E-state index contributed by atoms with van der Waals surface area (Å²) in [6.07, 6.45) is 30.3. The molecule has 12 aromatic rings. The summed E-state index contributed by atoms with van der Waals surface area (Å²) in [4.78, 5) is 69.0. The van der Waals surface area contributed by atoms with Crippen LogP contribution < -0.4 is 21.3 Å². The highest BCUT2D eigenvalue weighted by atomic mass is 35.5. The van der Waals surface area contributed by atoms with Crippen LogP contribution in [0, 0.1) is 23.7 Å². The molecule has 4 aliphatic rings. The smallest absolute Gasteiger partial charge is 0.251 e. The van der Waals surface area contributed by atoms with Gasteiger partial charge >= 0.3 is 0 Å². The van der Waals surface area contributed by atoms with E-state index in [1.165, 1.54) is 43.8 Å². The van der Waals surface area contributed by atoms with E-state index in [4.69, 9.17) is 46.4 Å². The molecule has 4 heterocycles. The molecule has 600 valence electrons. The third-order valence-corrected chi connectivity index (χ3v) is 26.2. The molecule has 0 unspecified atom stereocenters. The maximum atomic E-state index is 12.6. The molecule has 4 atom stereocenters. The molecule has 0 spiro atoms. The second-order valence-corrected chi connectivity index (χ2v) is 34.0. The van der Waals surface area contributed by atoms with Gasteiger partial charge in [0, 0.05) is 113 Å². The average Bonchev–Trinajstić information content (AvgIpc) is 0.827. The number of para-hydroxylation sites is 4. The topological polar surface area (TPSA) is 168 Å². The molecule has 4 amide bonds. The fraction of sp³-hybridized carbons (Fsp3) is 0.360. The number of aromatic nitrogens is 4. The van der Waals surface area contributed by atoms with Crippen LogP contribution in [-0.4, -0.2) is 67.7 Å². The minimum absolute atomic E-state index is 0.00521. The van der Waals surface area contributed by atoms with Crippen molar-refractivity contribution in [2.75, 3.05) is 0 Å². The fourth-order valence-corrected chi connectivity index (χ4v) is 18.8. The lowest BCUT2D eigenvalue weighted by Crippen LogP contribution is -2.41. The molecular formula is C100H108Cl4N8O4. The zero-order chi connectivity index (χ0) is 80.9. The Morgan fingerprint density at radius 2 is 0.457 bits per heavy atom. The second-order valence-electron chi connectivity index (χ2n) is 32.3. The summed E-state index contributed by atoms with van der Waals surface area (Å²) < 4.78 is 0.